The van der Waals surface area contributed by atoms with Crippen LogP contribution < -0.4 is 4.90 Å². The Morgan fingerprint density at radius 3 is 1.88 bits per heavy atom. The van der Waals surface area contributed by atoms with Gasteiger partial charge in [-0.05, 0) is 38.1 Å². The Balaban J connectivity index is 0.00000225. The van der Waals surface area contributed by atoms with Crippen molar-refractivity contribution in [3.63, 3.8) is 0 Å². The van der Waals surface area contributed by atoms with E-state index < -0.39 is 10.1 Å². The Morgan fingerprint density at radius 1 is 1.12 bits per heavy atom. The molecule has 0 fully saturated rings. The maximum atomic E-state index is 10.8. The van der Waals surface area contributed by atoms with Crippen LogP contribution in [0.4, 0.5) is 5.69 Å². The SMILES string of the molecule is CCN(CC)c1ccc(S(=O)(=O)O)cc1.[Na]. The fraction of sp³-hybridized carbons (Fsp3) is 0.400. The topological polar surface area (TPSA) is 57.6 Å². The molecule has 0 aliphatic heterocycles. The van der Waals surface area contributed by atoms with Crippen LogP contribution in [0.2, 0.25) is 0 Å². The van der Waals surface area contributed by atoms with Crippen LogP contribution in [0, 0.1) is 0 Å². The quantitative estimate of drug-likeness (QED) is 0.650. The largest absolute Gasteiger partial charge is 0.372 e. The van der Waals surface area contributed by atoms with Gasteiger partial charge in [0, 0.05) is 48.3 Å². The van der Waals surface area contributed by atoms with Crippen molar-refractivity contribution < 1.29 is 13.0 Å². The van der Waals surface area contributed by atoms with Gasteiger partial charge >= 0.3 is 0 Å². The van der Waals surface area contributed by atoms with Crippen LogP contribution in [0.15, 0.2) is 29.2 Å². The molecule has 0 unspecified atom stereocenters. The molecule has 16 heavy (non-hydrogen) atoms. The number of hydrogen-bond donors (Lipinski definition) is 1. The fourth-order valence-electron chi connectivity index (χ4n) is 1.42. The van der Waals surface area contributed by atoms with Crippen LogP contribution in [0.1, 0.15) is 13.8 Å². The van der Waals surface area contributed by atoms with Gasteiger partial charge in [-0.1, -0.05) is 0 Å². The Bertz CT molecular complexity index is 412. The predicted octanol–water partition coefficient (Wildman–Crippen LogP) is 1.40. The molecule has 0 bridgehead atoms. The molecule has 0 amide bonds. The average Bonchev–Trinajstić information content (AvgIpc) is 2.19. The van der Waals surface area contributed by atoms with Crippen LogP contribution in [0.3, 0.4) is 0 Å². The molecule has 1 rings (SSSR count). The monoisotopic (exact) mass is 252 g/mol. The summed E-state index contributed by atoms with van der Waals surface area (Å²) in [4.78, 5) is 2.02. The second kappa shape index (κ2) is 6.61. The summed E-state index contributed by atoms with van der Waals surface area (Å²) in [6.45, 7) is 5.78. The summed E-state index contributed by atoms with van der Waals surface area (Å²) in [6.07, 6.45) is 0. The minimum Gasteiger partial charge on any atom is -0.372 e. The van der Waals surface area contributed by atoms with Gasteiger partial charge in [0.2, 0.25) is 0 Å². The second-order valence-electron chi connectivity index (χ2n) is 3.14. The minimum atomic E-state index is -4.08. The van der Waals surface area contributed by atoms with E-state index in [-0.39, 0.29) is 34.5 Å². The molecule has 0 saturated heterocycles. The van der Waals surface area contributed by atoms with Gasteiger partial charge in [-0.25, -0.2) is 0 Å². The molecule has 1 aromatic rings. The number of anilines is 1. The molecule has 1 radical (unpaired) electrons. The Hall–Kier alpha value is -0.0700. The molecule has 0 aliphatic carbocycles. The molecule has 85 valence electrons. The fourth-order valence-corrected chi connectivity index (χ4v) is 1.90. The van der Waals surface area contributed by atoms with Crippen molar-refractivity contribution >= 4 is 45.4 Å². The maximum Gasteiger partial charge on any atom is 0.294 e. The van der Waals surface area contributed by atoms with Crippen molar-refractivity contribution in [1.29, 1.82) is 0 Å². The average molecular weight is 252 g/mol. The summed E-state index contributed by atoms with van der Waals surface area (Å²) in [5, 5.41) is 0. The second-order valence-corrected chi connectivity index (χ2v) is 4.56. The molecular weight excluding hydrogens is 237 g/mol. The van der Waals surface area contributed by atoms with Gasteiger partial charge in [0.05, 0.1) is 4.90 Å². The zero-order valence-electron chi connectivity index (χ0n) is 9.84. The first kappa shape index (κ1) is 15.9. The van der Waals surface area contributed by atoms with E-state index in [1.165, 1.54) is 12.1 Å². The van der Waals surface area contributed by atoms with Gasteiger partial charge in [-0.3, -0.25) is 4.55 Å². The van der Waals surface area contributed by atoms with Crippen molar-refractivity contribution in [2.75, 3.05) is 18.0 Å². The van der Waals surface area contributed by atoms with E-state index in [1.54, 1.807) is 12.1 Å². The normalized spacial score (nSPS) is 10.7. The van der Waals surface area contributed by atoms with Crippen LogP contribution in [-0.4, -0.2) is 55.6 Å². The zero-order chi connectivity index (χ0) is 11.5. The summed E-state index contributed by atoms with van der Waals surface area (Å²) in [5.74, 6) is 0. The van der Waals surface area contributed by atoms with Gasteiger partial charge in [-0.15, -0.1) is 0 Å². The minimum absolute atomic E-state index is 0. The molecule has 6 heteroatoms. The van der Waals surface area contributed by atoms with E-state index in [2.05, 4.69) is 4.90 Å². The number of hydrogen-bond acceptors (Lipinski definition) is 3. The molecule has 0 aromatic heterocycles. The predicted molar refractivity (Wildman–Crippen MR) is 65.6 cm³/mol. The first-order valence-corrected chi connectivity index (χ1v) is 6.25. The van der Waals surface area contributed by atoms with Crippen LogP contribution in [0.5, 0.6) is 0 Å². The van der Waals surface area contributed by atoms with Crippen LogP contribution in [0.25, 0.3) is 0 Å². The van der Waals surface area contributed by atoms with Crippen LogP contribution in [-0.2, 0) is 10.1 Å². The van der Waals surface area contributed by atoms with Crippen molar-refractivity contribution in [2.24, 2.45) is 0 Å². The first-order valence-electron chi connectivity index (χ1n) is 4.81. The van der Waals surface area contributed by atoms with E-state index in [9.17, 15) is 8.42 Å². The molecule has 0 spiro atoms. The van der Waals surface area contributed by atoms with Gasteiger partial charge in [0.15, 0.2) is 0 Å². The number of rotatable bonds is 4. The van der Waals surface area contributed by atoms with Gasteiger partial charge in [0.25, 0.3) is 10.1 Å². The Kier molecular flexibility index (Phi) is 6.58. The van der Waals surface area contributed by atoms with Crippen molar-refractivity contribution in [3.05, 3.63) is 24.3 Å². The molecular formula is C10H15NNaO3S. The molecule has 0 heterocycles. The number of benzene rings is 1. The molecule has 0 aliphatic rings. The van der Waals surface area contributed by atoms with Crippen molar-refractivity contribution in [2.45, 2.75) is 18.7 Å². The number of nitrogens with zero attached hydrogens (tertiary/aromatic N) is 1. The Labute approximate surface area is 119 Å². The van der Waals surface area contributed by atoms with E-state index in [0.717, 1.165) is 18.8 Å². The van der Waals surface area contributed by atoms with E-state index in [0.29, 0.717) is 0 Å². The Morgan fingerprint density at radius 2 is 1.56 bits per heavy atom. The maximum absolute atomic E-state index is 10.8. The van der Waals surface area contributed by atoms with Gasteiger partial charge in [-0.2, -0.15) is 8.42 Å². The molecule has 0 atom stereocenters. The third-order valence-electron chi connectivity index (χ3n) is 2.26. The zero-order valence-corrected chi connectivity index (χ0v) is 12.7. The summed E-state index contributed by atoms with van der Waals surface area (Å²) in [7, 11) is -4.08. The van der Waals surface area contributed by atoms with E-state index in [1.807, 2.05) is 13.8 Å². The smallest absolute Gasteiger partial charge is 0.294 e. The molecule has 1 aromatic carbocycles. The van der Waals surface area contributed by atoms with E-state index >= 15 is 0 Å². The van der Waals surface area contributed by atoms with Crippen molar-refractivity contribution in [3.8, 4) is 0 Å². The van der Waals surface area contributed by atoms with Gasteiger partial charge in [0.1, 0.15) is 0 Å². The summed E-state index contributed by atoms with van der Waals surface area (Å²) < 4.78 is 30.4. The van der Waals surface area contributed by atoms with Gasteiger partial charge < -0.3 is 4.90 Å². The summed E-state index contributed by atoms with van der Waals surface area (Å²) >= 11 is 0. The van der Waals surface area contributed by atoms with E-state index in [4.69, 9.17) is 4.55 Å². The summed E-state index contributed by atoms with van der Waals surface area (Å²) in [6, 6.07) is 6.19. The first-order chi connectivity index (χ1) is 6.99. The third kappa shape index (κ3) is 4.07. The van der Waals surface area contributed by atoms with Crippen LogP contribution >= 0.6 is 0 Å². The standard InChI is InChI=1S/C10H15NO3S.Na/c1-3-11(4-2)9-5-7-10(8-6-9)15(12,13)14;/h5-8H,3-4H2,1-2H3,(H,12,13,14);. The molecule has 0 saturated carbocycles. The molecule has 4 nitrogen and oxygen atoms in total. The van der Waals surface area contributed by atoms with Crippen molar-refractivity contribution in [1.82, 2.24) is 0 Å². The summed E-state index contributed by atoms with van der Waals surface area (Å²) in [5.41, 5.74) is 0.951. The third-order valence-corrected chi connectivity index (χ3v) is 3.13. The molecule has 1 N–H and O–H groups in total.